The fourth-order valence-corrected chi connectivity index (χ4v) is 2.19. The maximum absolute atomic E-state index is 6.08. The summed E-state index contributed by atoms with van der Waals surface area (Å²) in [6.45, 7) is 7.15. The topological polar surface area (TPSA) is 53.1 Å². The molecule has 0 bridgehead atoms. The van der Waals surface area contributed by atoms with Crippen molar-refractivity contribution in [2.75, 3.05) is 12.3 Å². The van der Waals surface area contributed by atoms with E-state index in [0.29, 0.717) is 11.6 Å². The number of nitrogens with two attached hydrogens (primary N) is 1. The Morgan fingerprint density at radius 2 is 1.79 bits per heavy atom. The summed E-state index contributed by atoms with van der Waals surface area (Å²) < 4.78 is 7.53. The van der Waals surface area contributed by atoms with Gasteiger partial charge < -0.3 is 10.5 Å². The third-order valence-corrected chi connectivity index (χ3v) is 3.34. The normalized spacial score (nSPS) is 11.2. The molecule has 0 aliphatic carbocycles. The van der Waals surface area contributed by atoms with Crippen molar-refractivity contribution in [3.63, 3.8) is 0 Å². The lowest BCUT2D eigenvalue weighted by Gasteiger charge is -2.07. The highest BCUT2D eigenvalue weighted by molar-refractivity contribution is 5.54. The van der Waals surface area contributed by atoms with Crippen LogP contribution >= 0.6 is 0 Å². The van der Waals surface area contributed by atoms with Crippen molar-refractivity contribution in [3.05, 3.63) is 5.69 Å². The number of unbranched alkanes of at least 4 members (excludes halogenated alkanes) is 5. The van der Waals surface area contributed by atoms with E-state index >= 15 is 0 Å². The number of hydrogen-bond donors (Lipinski definition) is 1. The summed E-state index contributed by atoms with van der Waals surface area (Å²) in [6, 6.07) is 0. The summed E-state index contributed by atoms with van der Waals surface area (Å²) in [5, 5.41) is 4.42. The molecule has 1 rings (SSSR count). The average Bonchev–Trinajstić information content (AvgIpc) is 2.65. The van der Waals surface area contributed by atoms with Crippen LogP contribution in [-0.2, 0) is 7.05 Å². The predicted octanol–water partition coefficient (Wildman–Crippen LogP) is 3.87. The number of aromatic nitrogens is 2. The molecule has 0 aliphatic heterocycles. The molecule has 1 aromatic rings. The average molecular weight is 267 g/mol. The van der Waals surface area contributed by atoms with Crippen LogP contribution in [0.2, 0.25) is 0 Å². The SMILES string of the molecule is CCCCCCCCOc1c(N)c(C(C)C)nn1C. The molecule has 1 aromatic heterocycles. The fourth-order valence-electron chi connectivity index (χ4n) is 2.19. The summed E-state index contributed by atoms with van der Waals surface area (Å²) in [5.74, 6) is 1.05. The van der Waals surface area contributed by atoms with Crippen molar-refractivity contribution in [3.8, 4) is 5.88 Å². The van der Waals surface area contributed by atoms with Gasteiger partial charge in [-0.1, -0.05) is 52.9 Å². The van der Waals surface area contributed by atoms with Crippen molar-refractivity contribution >= 4 is 5.69 Å². The van der Waals surface area contributed by atoms with E-state index in [9.17, 15) is 0 Å². The van der Waals surface area contributed by atoms with Crippen molar-refractivity contribution in [1.29, 1.82) is 0 Å². The second-order valence-electron chi connectivity index (χ2n) is 5.50. The Morgan fingerprint density at radius 1 is 1.16 bits per heavy atom. The standard InChI is InChI=1S/C15H29N3O/c1-5-6-7-8-9-10-11-19-15-13(16)14(12(2)3)17-18(15)4/h12H,5-11,16H2,1-4H3. The van der Waals surface area contributed by atoms with Gasteiger partial charge in [-0.25, -0.2) is 4.68 Å². The molecule has 0 saturated carbocycles. The lowest BCUT2D eigenvalue weighted by Crippen LogP contribution is -2.04. The van der Waals surface area contributed by atoms with Gasteiger partial charge in [-0.3, -0.25) is 0 Å². The number of anilines is 1. The van der Waals surface area contributed by atoms with Crippen molar-refractivity contribution in [2.45, 2.75) is 65.2 Å². The van der Waals surface area contributed by atoms with E-state index in [1.54, 1.807) is 4.68 Å². The van der Waals surface area contributed by atoms with Crippen LogP contribution < -0.4 is 10.5 Å². The Kier molecular flexibility index (Phi) is 6.74. The minimum Gasteiger partial charge on any atom is -0.476 e. The van der Waals surface area contributed by atoms with E-state index in [1.807, 2.05) is 7.05 Å². The smallest absolute Gasteiger partial charge is 0.235 e. The molecule has 0 unspecified atom stereocenters. The second-order valence-corrected chi connectivity index (χ2v) is 5.50. The van der Waals surface area contributed by atoms with E-state index in [-0.39, 0.29) is 0 Å². The van der Waals surface area contributed by atoms with Gasteiger partial charge in [0.05, 0.1) is 12.3 Å². The van der Waals surface area contributed by atoms with Crippen LogP contribution in [0.4, 0.5) is 5.69 Å². The molecular formula is C15H29N3O. The quantitative estimate of drug-likeness (QED) is 0.691. The molecule has 4 heteroatoms. The molecule has 110 valence electrons. The van der Waals surface area contributed by atoms with Gasteiger partial charge in [0.2, 0.25) is 5.88 Å². The van der Waals surface area contributed by atoms with Crippen LogP contribution in [0.15, 0.2) is 0 Å². The van der Waals surface area contributed by atoms with Crippen molar-refractivity contribution in [1.82, 2.24) is 9.78 Å². The molecule has 0 aliphatic rings. The van der Waals surface area contributed by atoms with Gasteiger partial charge in [0, 0.05) is 7.05 Å². The van der Waals surface area contributed by atoms with Gasteiger partial charge in [-0.15, -0.1) is 0 Å². The number of aryl methyl sites for hydroxylation is 1. The highest BCUT2D eigenvalue weighted by Crippen LogP contribution is 2.29. The molecule has 0 atom stereocenters. The Morgan fingerprint density at radius 3 is 2.37 bits per heavy atom. The molecule has 19 heavy (non-hydrogen) atoms. The van der Waals surface area contributed by atoms with Crippen LogP contribution in [0.1, 0.15) is 70.9 Å². The highest BCUT2D eigenvalue weighted by Gasteiger charge is 2.16. The van der Waals surface area contributed by atoms with Crippen molar-refractivity contribution in [2.24, 2.45) is 7.05 Å². The first-order valence-corrected chi connectivity index (χ1v) is 7.53. The van der Waals surface area contributed by atoms with Crippen LogP contribution in [0.25, 0.3) is 0 Å². The zero-order valence-electron chi connectivity index (χ0n) is 12.9. The van der Waals surface area contributed by atoms with E-state index < -0.39 is 0 Å². The van der Waals surface area contributed by atoms with E-state index in [1.165, 1.54) is 32.1 Å². The summed E-state index contributed by atoms with van der Waals surface area (Å²) in [6.07, 6.45) is 7.59. The summed E-state index contributed by atoms with van der Waals surface area (Å²) in [7, 11) is 1.89. The second kappa shape index (κ2) is 8.08. The lowest BCUT2D eigenvalue weighted by molar-refractivity contribution is 0.281. The lowest BCUT2D eigenvalue weighted by atomic mass is 10.1. The fraction of sp³-hybridized carbons (Fsp3) is 0.800. The number of ether oxygens (including phenoxy) is 1. The number of rotatable bonds is 9. The highest BCUT2D eigenvalue weighted by atomic mass is 16.5. The summed E-state index contributed by atoms with van der Waals surface area (Å²) in [4.78, 5) is 0. The molecule has 4 nitrogen and oxygen atoms in total. The monoisotopic (exact) mass is 267 g/mol. The minimum atomic E-state index is 0.331. The minimum absolute atomic E-state index is 0.331. The number of nitrogens with zero attached hydrogens (tertiary/aromatic N) is 2. The van der Waals surface area contributed by atoms with Gasteiger partial charge in [0.1, 0.15) is 5.69 Å². The van der Waals surface area contributed by atoms with Crippen LogP contribution in [0, 0.1) is 0 Å². The number of nitrogen functional groups attached to an aromatic ring is 1. The van der Waals surface area contributed by atoms with Crippen LogP contribution in [-0.4, -0.2) is 16.4 Å². The van der Waals surface area contributed by atoms with Gasteiger partial charge in [-0.05, 0) is 12.3 Å². The Bertz CT molecular complexity index is 372. The molecule has 0 spiro atoms. The first kappa shape index (κ1) is 15.9. The van der Waals surface area contributed by atoms with E-state index in [0.717, 1.165) is 24.6 Å². The van der Waals surface area contributed by atoms with Gasteiger partial charge >= 0.3 is 0 Å². The molecule has 2 N–H and O–H groups in total. The zero-order chi connectivity index (χ0) is 14.3. The van der Waals surface area contributed by atoms with Crippen LogP contribution in [0.3, 0.4) is 0 Å². The molecular weight excluding hydrogens is 238 g/mol. The molecule has 0 saturated heterocycles. The molecule has 1 heterocycles. The Hall–Kier alpha value is -1.19. The Labute approximate surface area is 117 Å². The van der Waals surface area contributed by atoms with Crippen LogP contribution in [0.5, 0.6) is 5.88 Å². The van der Waals surface area contributed by atoms with E-state index in [4.69, 9.17) is 10.5 Å². The van der Waals surface area contributed by atoms with Gasteiger partial charge in [0.25, 0.3) is 0 Å². The first-order valence-electron chi connectivity index (χ1n) is 7.53. The third kappa shape index (κ3) is 4.77. The molecule has 0 amide bonds. The Balaban J connectivity index is 2.33. The molecule has 0 aromatic carbocycles. The first-order chi connectivity index (χ1) is 9.07. The van der Waals surface area contributed by atoms with Crippen molar-refractivity contribution < 1.29 is 4.74 Å². The maximum Gasteiger partial charge on any atom is 0.235 e. The molecule has 0 radical (unpaired) electrons. The summed E-state index contributed by atoms with van der Waals surface area (Å²) >= 11 is 0. The third-order valence-electron chi connectivity index (χ3n) is 3.34. The maximum atomic E-state index is 6.08. The predicted molar refractivity (Wildman–Crippen MR) is 80.6 cm³/mol. The zero-order valence-corrected chi connectivity index (χ0v) is 12.9. The molecule has 0 fully saturated rings. The number of hydrogen-bond acceptors (Lipinski definition) is 3. The largest absolute Gasteiger partial charge is 0.476 e. The summed E-state index contributed by atoms with van der Waals surface area (Å²) in [5.41, 5.74) is 7.71. The van der Waals surface area contributed by atoms with E-state index in [2.05, 4.69) is 25.9 Å². The van der Waals surface area contributed by atoms with Gasteiger partial charge in [0.15, 0.2) is 0 Å². The van der Waals surface area contributed by atoms with Gasteiger partial charge in [-0.2, -0.15) is 5.10 Å².